The number of pyridine rings is 1. The number of carbonyl (C=O) groups is 1. The first-order chi connectivity index (χ1) is 13.6. The Bertz CT molecular complexity index is 1100. The number of rotatable bonds is 3. The summed E-state index contributed by atoms with van der Waals surface area (Å²) in [4.78, 5) is 17.7. The van der Waals surface area contributed by atoms with Crippen molar-refractivity contribution < 1.29 is 22.4 Å². The van der Waals surface area contributed by atoms with Crippen LogP contribution in [0.5, 0.6) is 0 Å². The van der Waals surface area contributed by atoms with Crippen molar-refractivity contribution in [2.75, 3.05) is 18.0 Å². The zero-order chi connectivity index (χ0) is 20.9. The van der Waals surface area contributed by atoms with Gasteiger partial charge >= 0.3 is 6.18 Å². The summed E-state index contributed by atoms with van der Waals surface area (Å²) in [6, 6.07) is 4.04. The first kappa shape index (κ1) is 19.7. The van der Waals surface area contributed by atoms with Gasteiger partial charge in [0.05, 0.1) is 5.02 Å². The van der Waals surface area contributed by atoms with Crippen LogP contribution in [0.2, 0.25) is 5.02 Å². The third kappa shape index (κ3) is 3.69. The SMILES string of the molecule is Cc1cc(Cl)c(F)c2cn(C(=O)CC3CN(c4ccnc(C(F)(F)F)c4)C3)cc12. The molecular weight excluding hydrogens is 410 g/mol. The van der Waals surface area contributed by atoms with Crippen molar-refractivity contribution in [1.29, 1.82) is 0 Å². The highest BCUT2D eigenvalue weighted by Gasteiger charge is 2.35. The number of fused-ring (bicyclic) bond motifs is 1. The van der Waals surface area contributed by atoms with Crippen molar-refractivity contribution in [3.05, 3.63) is 58.9 Å². The summed E-state index contributed by atoms with van der Waals surface area (Å²) in [6.45, 7) is 2.72. The minimum Gasteiger partial charge on any atom is -0.371 e. The van der Waals surface area contributed by atoms with E-state index in [4.69, 9.17) is 11.6 Å². The molecule has 0 spiro atoms. The molecule has 0 atom stereocenters. The van der Waals surface area contributed by atoms with E-state index in [0.717, 1.165) is 17.8 Å². The van der Waals surface area contributed by atoms with Crippen LogP contribution in [0.25, 0.3) is 10.8 Å². The molecule has 2 aromatic heterocycles. The molecule has 3 heterocycles. The number of carbonyl (C=O) groups excluding carboxylic acids is 1. The lowest BCUT2D eigenvalue weighted by molar-refractivity contribution is -0.141. The molecule has 1 fully saturated rings. The summed E-state index contributed by atoms with van der Waals surface area (Å²) in [7, 11) is 0. The molecule has 0 aliphatic carbocycles. The van der Waals surface area contributed by atoms with Crippen LogP contribution >= 0.6 is 11.6 Å². The smallest absolute Gasteiger partial charge is 0.371 e. The Morgan fingerprint density at radius 1 is 1.24 bits per heavy atom. The second-order valence-corrected chi connectivity index (χ2v) is 7.66. The van der Waals surface area contributed by atoms with Gasteiger partial charge in [0, 0.05) is 60.5 Å². The fraction of sp³-hybridized carbons (Fsp3) is 0.300. The third-order valence-corrected chi connectivity index (χ3v) is 5.42. The number of benzene rings is 1. The highest BCUT2D eigenvalue weighted by molar-refractivity contribution is 6.31. The first-order valence-corrected chi connectivity index (χ1v) is 9.29. The summed E-state index contributed by atoms with van der Waals surface area (Å²) in [5, 5.41) is 0.910. The van der Waals surface area contributed by atoms with Gasteiger partial charge in [-0.3, -0.25) is 14.3 Å². The van der Waals surface area contributed by atoms with Crippen molar-refractivity contribution in [2.45, 2.75) is 19.5 Å². The van der Waals surface area contributed by atoms with Crippen LogP contribution in [0.15, 0.2) is 36.8 Å². The lowest BCUT2D eigenvalue weighted by atomic mass is 9.95. The van der Waals surface area contributed by atoms with E-state index in [1.54, 1.807) is 18.0 Å². The van der Waals surface area contributed by atoms with Crippen LogP contribution in [-0.2, 0) is 6.18 Å². The highest BCUT2D eigenvalue weighted by atomic mass is 35.5. The van der Waals surface area contributed by atoms with Crippen LogP contribution < -0.4 is 4.90 Å². The number of aromatic nitrogens is 2. The van der Waals surface area contributed by atoms with Crippen molar-refractivity contribution in [3.63, 3.8) is 0 Å². The Morgan fingerprint density at radius 2 is 1.93 bits per heavy atom. The molecule has 0 N–H and O–H groups in total. The quantitative estimate of drug-likeness (QED) is 0.533. The molecule has 0 amide bonds. The van der Waals surface area contributed by atoms with E-state index in [2.05, 4.69) is 4.98 Å². The van der Waals surface area contributed by atoms with Crippen molar-refractivity contribution in [2.24, 2.45) is 5.92 Å². The minimum atomic E-state index is -4.50. The molecule has 29 heavy (non-hydrogen) atoms. The lowest BCUT2D eigenvalue weighted by Crippen LogP contribution is -2.48. The number of halogens is 5. The zero-order valence-corrected chi connectivity index (χ0v) is 16.1. The van der Waals surface area contributed by atoms with Crippen molar-refractivity contribution >= 4 is 34.0 Å². The molecule has 0 unspecified atom stereocenters. The molecule has 4 rings (SSSR count). The van der Waals surface area contributed by atoms with Gasteiger partial charge in [-0.25, -0.2) is 4.39 Å². The highest BCUT2D eigenvalue weighted by Crippen LogP contribution is 2.33. The summed E-state index contributed by atoms with van der Waals surface area (Å²) in [5.74, 6) is -0.761. The molecule has 1 aliphatic rings. The van der Waals surface area contributed by atoms with Crippen LogP contribution in [0.1, 0.15) is 22.5 Å². The minimum absolute atomic E-state index is 0.00467. The Kier molecular flexibility index (Phi) is 4.77. The Morgan fingerprint density at radius 3 is 2.62 bits per heavy atom. The molecule has 0 bridgehead atoms. The van der Waals surface area contributed by atoms with Gasteiger partial charge in [-0.05, 0) is 30.7 Å². The van der Waals surface area contributed by atoms with Gasteiger partial charge in [0.15, 0.2) is 5.82 Å². The number of aryl methyl sites for hydroxylation is 1. The predicted molar refractivity (Wildman–Crippen MR) is 102 cm³/mol. The number of alkyl halides is 3. The second-order valence-electron chi connectivity index (χ2n) is 7.25. The first-order valence-electron chi connectivity index (χ1n) is 8.91. The zero-order valence-electron chi connectivity index (χ0n) is 15.3. The summed E-state index contributed by atoms with van der Waals surface area (Å²) >= 11 is 5.86. The van der Waals surface area contributed by atoms with Gasteiger partial charge in [0.25, 0.3) is 0 Å². The molecule has 0 radical (unpaired) electrons. The molecule has 4 nitrogen and oxygen atoms in total. The molecule has 1 saturated heterocycles. The van der Waals surface area contributed by atoms with E-state index in [1.165, 1.54) is 22.9 Å². The summed E-state index contributed by atoms with van der Waals surface area (Å²) in [5.41, 5.74) is 0.255. The van der Waals surface area contributed by atoms with Gasteiger partial charge in [-0.15, -0.1) is 0 Å². The topological polar surface area (TPSA) is 38.1 Å². The van der Waals surface area contributed by atoms with Crippen LogP contribution in [0.3, 0.4) is 0 Å². The number of nitrogens with zero attached hydrogens (tertiary/aromatic N) is 3. The molecule has 0 saturated carbocycles. The van der Waals surface area contributed by atoms with E-state index in [0.29, 0.717) is 24.2 Å². The Labute approximate surface area is 168 Å². The maximum absolute atomic E-state index is 14.2. The van der Waals surface area contributed by atoms with E-state index >= 15 is 0 Å². The Balaban J connectivity index is 1.43. The molecule has 9 heteroatoms. The lowest BCUT2D eigenvalue weighted by Gasteiger charge is -2.41. The fourth-order valence-corrected chi connectivity index (χ4v) is 3.85. The van der Waals surface area contributed by atoms with E-state index in [1.807, 2.05) is 0 Å². The van der Waals surface area contributed by atoms with Gasteiger partial charge in [-0.1, -0.05) is 11.6 Å². The molecule has 152 valence electrons. The maximum atomic E-state index is 14.2. The largest absolute Gasteiger partial charge is 0.433 e. The van der Waals surface area contributed by atoms with Crippen molar-refractivity contribution in [1.82, 2.24) is 9.55 Å². The fourth-order valence-electron chi connectivity index (χ4n) is 3.58. The molecular formula is C20H16ClF4N3O. The third-order valence-electron chi connectivity index (χ3n) is 5.15. The average molecular weight is 426 g/mol. The number of hydrogen-bond donors (Lipinski definition) is 0. The molecule has 1 aliphatic heterocycles. The van der Waals surface area contributed by atoms with Gasteiger partial charge < -0.3 is 4.90 Å². The van der Waals surface area contributed by atoms with E-state index in [-0.39, 0.29) is 28.7 Å². The van der Waals surface area contributed by atoms with E-state index in [9.17, 15) is 22.4 Å². The number of anilines is 1. The predicted octanol–water partition coefficient (Wildman–Crippen LogP) is 5.32. The van der Waals surface area contributed by atoms with Crippen LogP contribution in [-0.4, -0.2) is 28.5 Å². The maximum Gasteiger partial charge on any atom is 0.433 e. The average Bonchev–Trinajstić information content (AvgIpc) is 3.08. The van der Waals surface area contributed by atoms with Gasteiger partial charge in [0.2, 0.25) is 5.91 Å². The molecule has 1 aromatic carbocycles. The Hall–Kier alpha value is -2.61. The number of hydrogen-bond acceptors (Lipinski definition) is 3. The summed E-state index contributed by atoms with van der Waals surface area (Å²) in [6.07, 6.45) is -0.141. The van der Waals surface area contributed by atoms with E-state index < -0.39 is 17.7 Å². The standard InChI is InChI=1S/C20H16ClF4N3O/c1-11-4-16(21)19(22)15-10-28(9-14(11)15)18(29)5-12-7-27(8-12)13-2-3-26-17(6-13)20(23,24)25/h2-4,6,9-10,12H,5,7-8H2,1H3. The summed E-state index contributed by atoms with van der Waals surface area (Å²) < 4.78 is 53.9. The van der Waals surface area contributed by atoms with Gasteiger partial charge in [0.1, 0.15) is 5.69 Å². The molecule has 3 aromatic rings. The van der Waals surface area contributed by atoms with Gasteiger partial charge in [-0.2, -0.15) is 13.2 Å². The van der Waals surface area contributed by atoms with Crippen LogP contribution in [0.4, 0.5) is 23.2 Å². The second kappa shape index (κ2) is 7.02. The van der Waals surface area contributed by atoms with Crippen molar-refractivity contribution in [3.8, 4) is 0 Å². The van der Waals surface area contributed by atoms with Crippen LogP contribution in [0, 0.1) is 18.7 Å². The normalized spacial score (nSPS) is 15.0. The monoisotopic (exact) mass is 425 g/mol.